The molecule has 1 aromatic carbocycles. The molecule has 0 bridgehead atoms. The minimum atomic E-state index is -0.352. The molecule has 0 saturated carbocycles. The molecule has 7 nitrogen and oxygen atoms in total. The molecule has 7 heteroatoms. The van der Waals surface area contributed by atoms with Gasteiger partial charge in [0, 0.05) is 31.7 Å². The van der Waals surface area contributed by atoms with Crippen LogP contribution in [0, 0.1) is 5.92 Å². The van der Waals surface area contributed by atoms with Crippen molar-refractivity contribution in [3.8, 4) is 0 Å². The van der Waals surface area contributed by atoms with Crippen molar-refractivity contribution < 1.29 is 19.4 Å². The van der Waals surface area contributed by atoms with Crippen molar-refractivity contribution in [1.82, 2.24) is 9.88 Å². The Morgan fingerprint density at radius 1 is 1.15 bits per heavy atom. The fourth-order valence-corrected chi connectivity index (χ4v) is 5.11. The summed E-state index contributed by atoms with van der Waals surface area (Å²) in [7, 11) is 1.35. The molecule has 0 aliphatic carbocycles. The van der Waals surface area contributed by atoms with E-state index in [1.165, 1.54) is 12.7 Å². The second-order valence-corrected chi connectivity index (χ2v) is 9.33. The molecule has 4 rings (SSSR count). The van der Waals surface area contributed by atoms with Crippen LogP contribution >= 0.6 is 0 Å². The molecule has 0 radical (unpaired) electrons. The Morgan fingerprint density at radius 2 is 1.94 bits per heavy atom. The van der Waals surface area contributed by atoms with Crippen molar-refractivity contribution in [2.75, 3.05) is 32.1 Å². The van der Waals surface area contributed by atoms with Crippen LogP contribution in [0.15, 0.2) is 42.5 Å². The zero-order chi connectivity index (χ0) is 23.8. The number of hydrogen-bond acceptors (Lipinski definition) is 6. The predicted octanol–water partition coefficient (Wildman–Crippen LogP) is 4.28. The van der Waals surface area contributed by atoms with Gasteiger partial charge in [-0.2, -0.15) is 4.89 Å². The largest absolute Gasteiger partial charge is 0.370 e. The van der Waals surface area contributed by atoms with Gasteiger partial charge in [0.25, 0.3) is 0 Å². The fraction of sp³-hybridized carbons (Fsp3) is 0.519. The maximum Gasteiger partial charge on any atom is 0.342 e. The molecule has 2 aliphatic rings. The molecular formula is C27H35N3O4. The summed E-state index contributed by atoms with van der Waals surface area (Å²) in [6.07, 6.45) is 6.48. The van der Waals surface area contributed by atoms with E-state index in [9.17, 15) is 9.59 Å². The third kappa shape index (κ3) is 6.56. The van der Waals surface area contributed by atoms with E-state index in [0.717, 1.165) is 68.8 Å². The molecule has 1 aromatic heterocycles. The van der Waals surface area contributed by atoms with Gasteiger partial charge in [0.2, 0.25) is 5.91 Å². The van der Waals surface area contributed by atoms with Crippen molar-refractivity contribution in [3.63, 3.8) is 0 Å². The Kier molecular flexibility index (Phi) is 8.52. The van der Waals surface area contributed by atoms with E-state index in [1.54, 1.807) is 0 Å². The Labute approximate surface area is 201 Å². The summed E-state index contributed by atoms with van der Waals surface area (Å²) >= 11 is 0. The number of fused-ring (bicyclic) bond motifs is 1. The van der Waals surface area contributed by atoms with E-state index in [4.69, 9.17) is 9.87 Å². The first-order valence-corrected chi connectivity index (χ1v) is 12.4. The number of aryl methyl sites for hydroxylation is 2. The van der Waals surface area contributed by atoms with Gasteiger partial charge < -0.3 is 10.2 Å². The number of rotatable bonds is 9. The number of carbonyl (C=O) groups is 2. The smallest absolute Gasteiger partial charge is 0.342 e. The number of piperidine rings is 1. The number of amides is 1. The van der Waals surface area contributed by atoms with Crippen molar-refractivity contribution in [2.24, 2.45) is 5.92 Å². The van der Waals surface area contributed by atoms with Gasteiger partial charge in [-0.25, -0.2) is 9.78 Å². The molecule has 2 aromatic rings. The van der Waals surface area contributed by atoms with Crippen LogP contribution in [0.25, 0.3) is 0 Å². The number of benzene rings is 1. The third-order valence-corrected chi connectivity index (χ3v) is 6.99. The highest BCUT2D eigenvalue weighted by Gasteiger charge is 2.27. The summed E-state index contributed by atoms with van der Waals surface area (Å²) in [4.78, 5) is 40.9. The number of pyridine rings is 1. The molecule has 1 atom stereocenters. The van der Waals surface area contributed by atoms with Gasteiger partial charge in [0.15, 0.2) is 0 Å². The van der Waals surface area contributed by atoms with E-state index < -0.39 is 0 Å². The molecule has 2 aliphatic heterocycles. The molecule has 1 fully saturated rings. The Morgan fingerprint density at radius 3 is 2.71 bits per heavy atom. The lowest BCUT2D eigenvalue weighted by Gasteiger charge is -2.33. The highest BCUT2D eigenvalue weighted by Crippen LogP contribution is 2.33. The lowest BCUT2D eigenvalue weighted by atomic mass is 9.82. The van der Waals surface area contributed by atoms with Gasteiger partial charge in [-0.1, -0.05) is 36.4 Å². The van der Waals surface area contributed by atoms with E-state index >= 15 is 0 Å². The summed E-state index contributed by atoms with van der Waals surface area (Å²) in [5.74, 6) is 1.39. The van der Waals surface area contributed by atoms with E-state index in [-0.39, 0.29) is 17.8 Å². The first-order valence-electron chi connectivity index (χ1n) is 12.4. The summed E-state index contributed by atoms with van der Waals surface area (Å²) in [6.45, 7) is 2.51. The molecule has 1 N–H and O–H groups in total. The summed E-state index contributed by atoms with van der Waals surface area (Å²) in [5.41, 5.74) is 3.39. The van der Waals surface area contributed by atoms with E-state index in [0.29, 0.717) is 25.2 Å². The lowest BCUT2D eigenvalue weighted by Crippen LogP contribution is -2.39. The molecule has 1 saturated heterocycles. The van der Waals surface area contributed by atoms with Crippen LogP contribution in [0.5, 0.6) is 0 Å². The van der Waals surface area contributed by atoms with Gasteiger partial charge >= 0.3 is 5.97 Å². The summed E-state index contributed by atoms with van der Waals surface area (Å²) in [6, 6.07) is 14.3. The predicted molar refractivity (Wildman–Crippen MR) is 130 cm³/mol. The SMILES string of the molecule is COOC(=O)CC(CC1CCN(C(=O)CCc2ccc3c(n2)NCCC3)CC1)c1ccccc1. The normalized spacial score (nSPS) is 16.9. The summed E-state index contributed by atoms with van der Waals surface area (Å²) in [5, 5.41) is 3.36. The number of hydrogen-bond donors (Lipinski definition) is 1. The van der Waals surface area contributed by atoms with E-state index in [1.807, 2.05) is 23.1 Å². The molecular weight excluding hydrogens is 430 g/mol. The second-order valence-electron chi connectivity index (χ2n) is 9.33. The van der Waals surface area contributed by atoms with Crippen molar-refractivity contribution >= 4 is 17.7 Å². The maximum absolute atomic E-state index is 12.8. The van der Waals surface area contributed by atoms with Gasteiger partial charge in [0.1, 0.15) is 5.82 Å². The summed E-state index contributed by atoms with van der Waals surface area (Å²) < 4.78 is 0. The van der Waals surface area contributed by atoms with Crippen molar-refractivity contribution in [3.05, 3.63) is 59.3 Å². The van der Waals surface area contributed by atoms with Crippen LogP contribution < -0.4 is 5.32 Å². The standard InChI is InChI=1S/C27H35N3O4/c1-33-34-26(32)19-23(21-6-3-2-4-7-21)18-20-13-16-30(17-14-20)25(31)12-11-24-10-9-22-8-5-15-28-27(22)29-24/h2-4,6-7,9-10,20,23H,5,8,11-19H2,1H3,(H,28,29). The van der Waals surface area contributed by atoms with Gasteiger partial charge in [0.05, 0.1) is 13.5 Å². The Bertz CT molecular complexity index is 958. The molecule has 34 heavy (non-hydrogen) atoms. The fourth-order valence-electron chi connectivity index (χ4n) is 5.11. The van der Waals surface area contributed by atoms with Crippen LogP contribution in [0.4, 0.5) is 5.82 Å². The molecule has 1 amide bonds. The van der Waals surface area contributed by atoms with Crippen LogP contribution in [-0.2, 0) is 32.2 Å². The number of nitrogens with zero attached hydrogens (tertiary/aromatic N) is 2. The Hall–Kier alpha value is -2.93. The topological polar surface area (TPSA) is 80.8 Å². The van der Waals surface area contributed by atoms with Gasteiger partial charge in [-0.3, -0.25) is 9.68 Å². The third-order valence-electron chi connectivity index (χ3n) is 6.99. The minimum Gasteiger partial charge on any atom is -0.370 e. The zero-order valence-corrected chi connectivity index (χ0v) is 20.0. The van der Waals surface area contributed by atoms with Gasteiger partial charge in [-0.05, 0) is 67.6 Å². The van der Waals surface area contributed by atoms with Crippen molar-refractivity contribution in [2.45, 2.75) is 57.3 Å². The highest BCUT2D eigenvalue weighted by atomic mass is 17.2. The van der Waals surface area contributed by atoms with Crippen LogP contribution in [0.1, 0.15) is 61.3 Å². The van der Waals surface area contributed by atoms with Crippen LogP contribution in [0.3, 0.4) is 0 Å². The minimum absolute atomic E-state index is 0.0831. The quantitative estimate of drug-likeness (QED) is 0.440. The zero-order valence-electron chi connectivity index (χ0n) is 20.0. The molecule has 1 unspecified atom stereocenters. The lowest BCUT2D eigenvalue weighted by molar-refractivity contribution is -0.255. The molecule has 182 valence electrons. The van der Waals surface area contributed by atoms with Crippen LogP contribution in [0.2, 0.25) is 0 Å². The highest BCUT2D eigenvalue weighted by molar-refractivity contribution is 5.76. The first kappa shape index (κ1) is 24.2. The average molecular weight is 466 g/mol. The first-order chi connectivity index (χ1) is 16.6. The van der Waals surface area contributed by atoms with Gasteiger partial charge in [-0.15, -0.1) is 0 Å². The average Bonchev–Trinajstić information content (AvgIpc) is 2.88. The van der Waals surface area contributed by atoms with Crippen LogP contribution in [-0.4, -0.2) is 48.5 Å². The number of carbonyl (C=O) groups excluding carboxylic acids is 2. The number of likely N-dealkylation sites (tertiary alicyclic amines) is 1. The molecule has 3 heterocycles. The van der Waals surface area contributed by atoms with Crippen molar-refractivity contribution in [1.29, 1.82) is 0 Å². The van der Waals surface area contributed by atoms with E-state index in [2.05, 4.69) is 34.5 Å². The monoisotopic (exact) mass is 465 g/mol. The number of anilines is 1. The maximum atomic E-state index is 12.8. The Balaban J connectivity index is 1.26. The number of nitrogens with one attached hydrogen (secondary N) is 1. The molecule has 0 spiro atoms. The number of aromatic nitrogens is 1. The second kappa shape index (κ2) is 12.0.